The smallest absolute Gasteiger partial charge is 0.0388 e. The van der Waals surface area contributed by atoms with E-state index in [1.54, 1.807) is 0 Å². The van der Waals surface area contributed by atoms with Crippen LogP contribution in [0.3, 0.4) is 0 Å². The fourth-order valence-corrected chi connectivity index (χ4v) is 4.05. The van der Waals surface area contributed by atoms with Crippen molar-refractivity contribution in [2.45, 2.75) is 143 Å². The van der Waals surface area contributed by atoms with Crippen molar-refractivity contribution < 1.29 is 0 Å². The van der Waals surface area contributed by atoms with Crippen LogP contribution in [0, 0.1) is 11.8 Å². The highest BCUT2D eigenvalue weighted by molar-refractivity contribution is 4.73. The van der Waals surface area contributed by atoms with E-state index in [4.69, 9.17) is 0 Å². The van der Waals surface area contributed by atoms with E-state index in [9.17, 15) is 0 Å². The molecule has 1 aliphatic rings. The van der Waals surface area contributed by atoms with E-state index >= 15 is 0 Å². The van der Waals surface area contributed by atoms with Crippen molar-refractivity contribution in [2.75, 3.05) is 0 Å². The van der Waals surface area contributed by atoms with Gasteiger partial charge in [0.2, 0.25) is 0 Å². The number of rotatable bonds is 14. The summed E-state index contributed by atoms with van der Waals surface area (Å²) in [6, 6.07) is 0. The lowest BCUT2D eigenvalue weighted by atomic mass is 9.92. The minimum absolute atomic E-state index is 1.03. The van der Waals surface area contributed by atoms with Gasteiger partial charge >= 0.3 is 0 Å². The summed E-state index contributed by atoms with van der Waals surface area (Å²) < 4.78 is 0. The fourth-order valence-electron chi connectivity index (χ4n) is 4.05. The molecule has 1 rings (SSSR count). The predicted molar refractivity (Wildman–Crippen MR) is 113 cm³/mol. The van der Waals surface area contributed by atoms with Gasteiger partial charge in [0, 0.05) is 0 Å². The zero-order valence-corrected chi connectivity index (χ0v) is 17.9. The molecule has 1 aliphatic carbocycles. The first-order valence-corrected chi connectivity index (χ1v) is 11.8. The standard InChI is InChI=1S/C12H24.C12H26/c1-3-4-5-6-9-12-10-7-8-11(12)2;1-3-5-7-9-11-12-10-8-6-4-2/h11-12H,3-10H2,1-2H3;3-12H2,1-2H3. The molecule has 0 aromatic rings. The molecule has 0 N–H and O–H groups in total. The van der Waals surface area contributed by atoms with E-state index in [0.29, 0.717) is 0 Å². The van der Waals surface area contributed by atoms with Crippen molar-refractivity contribution in [2.24, 2.45) is 11.8 Å². The van der Waals surface area contributed by atoms with E-state index in [0.717, 1.165) is 11.8 Å². The van der Waals surface area contributed by atoms with Gasteiger partial charge in [-0.15, -0.1) is 0 Å². The van der Waals surface area contributed by atoms with E-state index in [1.165, 1.54) is 116 Å². The van der Waals surface area contributed by atoms with Gasteiger partial charge in [-0.1, -0.05) is 143 Å². The highest BCUT2D eigenvalue weighted by Crippen LogP contribution is 2.34. The molecule has 0 spiro atoms. The zero-order chi connectivity index (χ0) is 17.9. The first-order chi connectivity index (χ1) is 11.8. The largest absolute Gasteiger partial charge is 0.0654 e. The maximum absolute atomic E-state index is 2.44. The topological polar surface area (TPSA) is 0 Å². The number of unbranched alkanes of at least 4 members (excludes halogenated alkanes) is 12. The molecule has 24 heavy (non-hydrogen) atoms. The molecule has 0 amide bonds. The Hall–Kier alpha value is 0. The van der Waals surface area contributed by atoms with Crippen LogP contribution in [0.1, 0.15) is 143 Å². The normalized spacial score (nSPS) is 20.0. The van der Waals surface area contributed by atoms with Crippen molar-refractivity contribution in [1.82, 2.24) is 0 Å². The molecule has 0 aliphatic heterocycles. The third-order valence-electron chi connectivity index (χ3n) is 5.92. The van der Waals surface area contributed by atoms with Crippen LogP contribution >= 0.6 is 0 Å². The van der Waals surface area contributed by atoms with Gasteiger partial charge in [-0.05, 0) is 11.8 Å². The molecule has 0 aromatic carbocycles. The molecule has 146 valence electrons. The molecular formula is C24H50. The summed E-state index contributed by atoms with van der Waals surface area (Å²) in [7, 11) is 0. The second-order valence-electron chi connectivity index (χ2n) is 8.35. The quantitative estimate of drug-likeness (QED) is 0.277. The SMILES string of the molecule is CCCCCCC1CCCC1C.CCCCCCCCCCCC. The molecule has 0 aromatic heterocycles. The van der Waals surface area contributed by atoms with E-state index in [-0.39, 0.29) is 0 Å². The molecule has 0 bridgehead atoms. The van der Waals surface area contributed by atoms with Crippen molar-refractivity contribution in [3.05, 3.63) is 0 Å². The molecular weight excluding hydrogens is 288 g/mol. The summed E-state index contributed by atoms with van der Waals surface area (Å²) in [6.07, 6.45) is 26.3. The van der Waals surface area contributed by atoms with E-state index in [1.807, 2.05) is 0 Å². The lowest BCUT2D eigenvalue weighted by Crippen LogP contribution is -2.03. The van der Waals surface area contributed by atoms with Gasteiger partial charge in [0.05, 0.1) is 0 Å². The predicted octanol–water partition coefficient (Wildman–Crippen LogP) is 9.32. The van der Waals surface area contributed by atoms with Crippen molar-refractivity contribution in [1.29, 1.82) is 0 Å². The Morgan fingerprint density at radius 3 is 1.33 bits per heavy atom. The summed E-state index contributed by atoms with van der Waals surface area (Å²) in [5.74, 6) is 2.12. The minimum Gasteiger partial charge on any atom is -0.0654 e. The van der Waals surface area contributed by atoms with Gasteiger partial charge in [-0.25, -0.2) is 0 Å². The first-order valence-electron chi connectivity index (χ1n) is 11.8. The highest BCUT2D eigenvalue weighted by atomic mass is 14.3. The van der Waals surface area contributed by atoms with Crippen LogP contribution in [0.2, 0.25) is 0 Å². The number of hydrogen-bond donors (Lipinski definition) is 0. The fraction of sp³-hybridized carbons (Fsp3) is 1.00. The van der Waals surface area contributed by atoms with Crippen LogP contribution in [0.5, 0.6) is 0 Å². The van der Waals surface area contributed by atoms with E-state index in [2.05, 4.69) is 27.7 Å². The summed E-state index contributed by atoms with van der Waals surface area (Å²) in [6.45, 7) is 9.29. The Morgan fingerprint density at radius 2 is 0.958 bits per heavy atom. The third-order valence-corrected chi connectivity index (χ3v) is 5.92. The Bertz CT molecular complexity index is 210. The minimum atomic E-state index is 1.03. The molecule has 2 unspecified atom stereocenters. The van der Waals surface area contributed by atoms with Crippen LogP contribution in [-0.4, -0.2) is 0 Å². The summed E-state index contributed by atoms with van der Waals surface area (Å²) in [5.41, 5.74) is 0. The van der Waals surface area contributed by atoms with Crippen LogP contribution in [-0.2, 0) is 0 Å². The Labute approximate surface area is 155 Å². The maximum Gasteiger partial charge on any atom is -0.0388 e. The molecule has 1 saturated carbocycles. The Morgan fingerprint density at radius 1 is 0.542 bits per heavy atom. The van der Waals surface area contributed by atoms with Crippen LogP contribution in [0.25, 0.3) is 0 Å². The molecule has 2 atom stereocenters. The lowest BCUT2D eigenvalue weighted by Gasteiger charge is -2.14. The van der Waals surface area contributed by atoms with Gasteiger partial charge in [0.15, 0.2) is 0 Å². The molecule has 0 heterocycles. The molecule has 0 radical (unpaired) electrons. The van der Waals surface area contributed by atoms with Gasteiger partial charge in [-0.3, -0.25) is 0 Å². The molecule has 0 nitrogen and oxygen atoms in total. The summed E-state index contributed by atoms with van der Waals surface area (Å²) in [4.78, 5) is 0. The average Bonchev–Trinajstić information content (AvgIpc) is 3.00. The van der Waals surface area contributed by atoms with Crippen LogP contribution in [0.15, 0.2) is 0 Å². The average molecular weight is 339 g/mol. The second kappa shape index (κ2) is 19.3. The van der Waals surface area contributed by atoms with Gasteiger partial charge < -0.3 is 0 Å². The number of hydrogen-bond acceptors (Lipinski definition) is 0. The van der Waals surface area contributed by atoms with E-state index < -0.39 is 0 Å². The maximum atomic E-state index is 2.44. The monoisotopic (exact) mass is 338 g/mol. The lowest BCUT2D eigenvalue weighted by molar-refractivity contribution is 0.375. The van der Waals surface area contributed by atoms with Gasteiger partial charge in [-0.2, -0.15) is 0 Å². The molecule has 0 saturated heterocycles. The van der Waals surface area contributed by atoms with Crippen molar-refractivity contribution >= 4 is 0 Å². The Kier molecular flexibility index (Phi) is 19.3. The summed E-state index contributed by atoms with van der Waals surface area (Å²) >= 11 is 0. The zero-order valence-electron chi connectivity index (χ0n) is 17.9. The van der Waals surface area contributed by atoms with Crippen molar-refractivity contribution in [3.63, 3.8) is 0 Å². The molecule has 0 heteroatoms. The summed E-state index contributed by atoms with van der Waals surface area (Å²) in [5, 5.41) is 0. The van der Waals surface area contributed by atoms with Crippen molar-refractivity contribution in [3.8, 4) is 0 Å². The van der Waals surface area contributed by atoms with Crippen LogP contribution in [0.4, 0.5) is 0 Å². The third kappa shape index (κ3) is 15.5. The Balaban J connectivity index is 0.000000441. The van der Waals surface area contributed by atoms with Gasteiger partial charge in [0.25, 0.3) is 0 Å². The first kappa shape index (κ1) is 24.0. The van der Waals surface area contributed by atoms with Gasteiger partial charge in [0.1, 0.15) is 0 Å². The molecule has 1 fully saturated rings. The van der Waals surface area contributed by atoms with Crippen LogP contribution < -0.4 is 0 Å². The highest BCUT2D eigenvalue weighted by Gasteiger charge is 2.22. The second-order valence-corrected chi connectivity index (χ2v) is 8.35.